The molecule has 1 aliphatic heterocycles. The lowest BCUT2D eigenvalue weighted by atomic mass is 9.70. The minimum Gasteiger partial charge on any atom is -0.394 e. The molecule has 0 unspecified atom stereocenters. The van der Waals surface area contributed by atoms with E-state index >= 15 is 0 Å². The molecule has 162 valence electrons. The highest BCUT2D eigenvalue weighted by molar-refractivity contribution is 6.30. The summed E-state index contributed by atoms with van der Waals surface area (Å²) >= 11 is 5.92. The van der Waals surface area contributed by atoms with Gasteiger partial charge in [-0.2, -0.15) is 0 Å². The van der Waals surface area contributed by atoms with Crippen molar-refractivity contribution >= 4 is 35.0 Å². The van der Waals surface area contributed by atoms with Crippen molar-refractivity contribution in [2.45, 2.75) is 32.4 Å². The summed E-state index contributed by atoms with van der Waals surface area (Å²) in [5, 5.41) is 16.0. The Morgan fingerprint density at radius 2 is 1.87 bits per heavy atom. The molecule has 0 radical (unpaired) electrons. The van der Waals surface area contributed by atoms with Crippen molar-refractivity contribution in [3.05, 3.63) is 41.4 Å². The number of anilines is 1. The summed E-state index contributed by atoms with van der Waals surface area (Å²) in [6, 6.07) is 5.40. The number of carbonyl (C=O) groups is 3. The predicted octanol–water partition coefficient (Wildman–Crippen LogP) is 2.06. The first-order valence-electron chi connectivity index (χ1n) is 10.2. The minimum atomic E-state index is -0.814. The standard InChI is InChI=1S/C22H28ClN3O4/c1-4-15(11-27)26-19(21(29)25-14-8-6-13(23)7-9-14)16-10-5-12(2)17(20(28)24-3)18(16)22(26)30/h5-10,12,15-19,27H,4,11H2,1-3H3,(H,24,28)(H,25,29)/t12-,15+,16+,17-,18+,19+/m1/s1. The second-order valence-electron chi connectivity index (χ2n) is 7.92. The van der Waals surface area contributed by atoms with Gasteiger partial charge in [0.2, 0.25) is 17.7 Å². The number of allylic oxidation sites excluding steroid dienone is 1. The van der Waals surface area contributed by atoms with E-state index in [0.717, 1.165) is 0 Å². The van der Waals surface area contributed by atoms with E-state index in [1.807, 2.05) is 26.0 Å². The number of amides is 3. The molecule has 3 N–H and O–H groups in total. The van der Waals surface area contributed by atoms with Crippen LogP contribution in [-0.4, -0.2) is 53.5 Å². The quantitative estimate of drug-likeness (QED) is 0.598. The molecule has 1 aromatic carbocycles. The first-order chi connectivity index (χ1) is 14.3. The summed E-state index contributed by atoms with van der Waals surface area (Å²) in [7, 11) is 1.55. The first-order valence-corrected chi connectivity index (χ1v) is 10.6. The van der Waals surface area contributed by atoms with E-state index in [9.17, 15) is 19.5 Å². The van der Waals surface area contributed by atoms with Crippen LogP contribution in [0.2, 0.25) is 5.02 Å². The smallest absolute Gasteiger partial charge is 0.247 e. The number of hydrogen-bond acceptors (Lipinski definition) is 4. The van der Waals surface area contributed by atoms with E-state index in [4.69, 9.17) is 11.6 Å². The van der Waals surface area contributed by atoms with Crippen molar-refractivity contribution in [1.82, 2.24) is 10.2 Å². The lowest BCUT2D eigenvalue weighted by molar-refractivity contribution is -0.142. The van der Waals surface area contributed by atoms with Gasteiger partial charge >= 0.3 is 0 Å². The molecule has 0 spiro atoms. The maximum atomic E-state index is 13.5. The largest absolute Gasteiger partial charge is 0.394 e. The summed E-state index contributed by atoms with van der Waals surface area (Å²) < 4.78 is 0. The number of fused-ring (bicyclic) bond motifs is 1. The number of aliphatic hydroxyl groups is 1. The van der Waals surface area contributed by atoms with Crippen LogP contribution >= 0.6 is 11.6 Å². The average molecular weight is 434 g/mol. The van der Waals surface area contributed by atoms with Crippen LogP contribution in [0.25, 0.3) is 0 Å². The number of rotatable bonds is 6. The Balaban J connectivity index is 2.00. The Labute approximate surface area is 181 Å². The number of aliphatic hydroxyl groups excluding tert-OH is 1. The molecule has 1 aromatic rings. The number of halogens is 1. The minimum absolute atomic E-state index is 0.135. The number of nitrogens with one attached hydrogen (secondary N) is 2. The average Bonchev–Trinajstić information content (AvgIpc) is 3.03. The number of likely N-dealkylation sites (tertiary alicyclic amines) is 1. The van der Waals surface area contributed by atoms with Gasteiger partial charge < -0.3 is 20.6 Å². The molecule has 1 heterocycles. The van der Waals surface area contributed by atoms with Crippen molar-refractivity contribution < 1.29 is 19.5 Å². The first kappa shape index (κ1) is 22.3. The molecule has 8 heteroatoms. The van der Waals surface area contributed by atoms with Gasteiger partial charge in [-0.1, -0.05) is 37.6 Å². The maximum absolute atomic E-state index is 13.5. The van der Waals surface area contributed by atoms with Crippen LogP contribution in [0, 0.1) is 23.7 Å². The molecular formula is C22H28ClN3O4. The van der Waals surface area contributed by atoms with Gasteiger partial charge in [-0.25, -0.2) is 0 Å². The summed E-state index contributed by atoms with van der Waals surface area (Å²) in [6.07, 6.45) is 4.28. The summed E-state index contributed by atoms with van der Waals surface area (Å²) in [5.41, 5.74) is 0.563. The molecule has 1 fully saturated rings. The molecule has 6 atom stereocenters. The van der Waals surface area contributed by atoms with E-state index in [1.165, 1.54) is 4.90 Å². The fourth-order valence-corrected chi connectivity index (χ4v) is 4.79. The zero-order chi connectivity index (χ0) is 22.0. The Hall–Kier alpha value is -2.38. The van der Waals surface area contributed by atoms with Crippen LogP contribution in [0.3, 0.4) is 0 Å². The van der Waals surface area contributed by atoms with Gasteiger partial charge in [0.25, 0.3) is 0 Å². The third-order valence-electron chi connectivity index (χ3n) is 6.21. The summed E-state index contributed by atoms with van der Waals surface area (Å²) in [5.74, 6) is -2.63. The van der Waals surface area contributed by atoms with Gasteiger partial charge in [0.1, 0.15) is 6.04 Å². The van der Waals surface area contributed by atoms with Crippen molar-refractivity contribution in [1.29, 1.82) is 0 Å². The molecule has 0 saturated carbocycles. The monoisotopic (exact) mass is 433 g/mol. The highest BCUT2D eigenvalue weighted by atomic mass is 35.5. The van der Waals surface area contributed by atoms with Crippen molar-refractivity contribution in [2.75, 3.05) is 19.0 Å². The number of hydrogen-bond donors (Lipinski definition) is 3. The Morgan fingerprint density at radius 3 is 2.43 bits per heavy atom. The fraction of sp³-hybridized carbons (Fsp3) is 0.500. The zero-order valence-electron chi connectivity index (χ0n) is 17.3. The molecule has 0 aromatic heterocycles. The van der Waals surface area contributed by atoms with E-state index in [-0.39, 0.29) is 30.2 Å². The Morgan fingerprint density at radius 1 is 1.20 bits per heavy atom. The van der Waals surface area contributed by atoms with Gasteiger partial charge in [0.15, 0.2) is 0 Å². The Kier molecular flexibility index (Phi) is 6.83. The molecule has 0 bridgehead atoms. The molecular weight excluding hydrogens is 406 g/mol. The van der Waals surface area contributed by atoms with Crippen LogP contribution < -0.4 is 10.6 Å². The lowest BCUT2D eigenvalue weighted by Gasteiger charge is -2.33. The summed E-state index contributed by atoms with van der Waals surface area (Å²) in [6.45, 7) is 3.50. The number of carbonyl (C=O) groups excluding carboxylic acids is 3. The van der Waals surface area contributed by atoms with Crippen molar-refractivity contribution in [3.63, 3.8) is 0 Å². The van der Waals surface area contributed by atoms with Crippen molar-refractivity contribution in [2.24, 2.45) is 23.7 Å². The maximum Gasteiger partial charge on any atom is 0.247 e. The summed E-state index contributed by atoms with van der Waals surface area (Å²) in [4.78, 5) is 40.9. The Bertz CT molecular complexity index is 837. The molecule has 30 heavy (non-hydrogen) atoms. The normalized spacial score (nSPS) is 28.8. The number of nitrogens with zero attached hydrogens (tertiary/aromatic N) is 1. The van der Waals surface area contributed by atoms with Gasteiger partial charge in [-0.15, -0.1) is 0 Å². The molecule has 7 nitrogen and oxygen atoms in total. The molecule has 1 saturated heterocycles. The lowest BCUT2D eigenvalue weighted by Crippen LogP contribution is -2.50. The topological polar surface area (TPSA) is 98.7 Å². The fourth-order valence-electron chi connectivity index (χ4n) is 4.66. The van der Waals surface area contributed by atoms with E-state index in [2.05, 4.69) is 10.6 Å². The molecule has 3 amide bonds. The highest BCUT2D eigenvalue weighted by Crippen LogP contribution is 2.45. The third kappa shape index (κ3) is 3.96. The van der Waals surface area contributed by atoms with E-state index in [0.29, 0.717) is 17.1 Å². The van der Waals surface area contributed by atoms with E-state index < -0.39 is 29.8 Å². The number of benzene rings is 1. The van der Waals surface area contributed by atoms with Crippen LogP contribution in [0.4, 0.5) is 5.69 Å². The highest BCUT2D eigenvalue weighted by Gasteiger charge is 2.57. The van der Waals surface area contributed by atoms with Crippen LogP contribution in [0.5, 0.6) is 0 Å². The SMILES string of the molecule is CC[C@@H](CO)N1C(=O)[C@H]2[C@H](C=C[C@@H](C)[C@H]2C(=O)NC)[C@H]1C(=O)Nc1ccc(Cl)cc1. The molecule has 2 aliphatic rings. The van der Waals surface area contributed by atoms with Gasteiger partial charge in [-0.05, 0) is 36.6 Å². The zero-order valence-corrected chi connectivity index (χ0v) is 18.1. The molecule has 1 aliphatic carbocycles. The van der Waals surface area contributed by atoms with Gasteiger partial charge in [0.05, 0.1) is 24.5 Å². The second-order valence-corrected chi connectivity index (χ2v) is 8.35. The van der Waals surface area contributed by atoms with Crippen LogP contribution in [0.15, 0.2) is 36.4 Å². The van der Waals surface area contributed by atoms with E-state index in [1.54, 1.807) is 31.3 Å². The predicted molar refractivity (Wildman–Crippen MR) is 115 cm³/mol. The van der Waals surface area contributed by atoms with Gasteiger partial charge in [-0.3, -0.25) is 14.4 Å². The second kappa shape index (κ2) is 9.18. The third-order valence-corrected chi connectivity index (χ3v) is 6.47. The van der Waals surface area contributed by atoms with Gasteiger partial charge in [0, 0.05) is 23.7 Å². The van der Waals surface area contributed by atoms with Crippen molar-refractivity contribution in [3.8, 4) is 0 Å². The van der Waals surface area contributed by atoms with Crippen LogP contribution in [0.1, 0.15) is 20.3 Å². The molecule has 3 rings (SSSR count). The van der Waals surface area contributed by atoms with Crippen LogP contribution in [-0.2, 0) is 14.4 Å².